The highest BCUT2D eigenvalue weighted by atomic mass is 32.1. The van der Waals surface area contributed by atoms with E-state index in [0.717, 1.165) is 37.1 Å². The molecule has 0 aliphatic carbocycles. The second-order valence-corrected chi connectivity index (χ2v) is 6.74. The molecule has 2 aromatic carbocycles. The Kier molecular flexibility index (Phi) is 9.28. The van der Waals surface area contributed by atoms with Gasteiger partial charge in [-0.25, -0.2) is 0 Å². The lowest BCUT2D eigenvalue weighted by molar-refractivity contribution is 0.0973. The average molecular weight is 401 g/mol. The zero-order valence-corrected chi connectivity index (χ0v) is 17.3. The molecule has 6 heteroatoms. The van der Waals surface area contributed by atoms with Crippen molar-refractivity contribution in [1.82, 2.24) is 5.32 Å². The van der Waals surface area contributed by atoms with Crippen molar-refractivity contribution in [1.29, 1.82) is 0 Å². The zero-order chi connectivity index (χ0) is 20.2. The second kappa shape index (κ2) is 12.0. The Morgan fingerprint density at radius 1 is 0.929 bits per heavy atom. The van der Waals surface area contributed by atoms with Crippen LogP contribution in [0.4, 0.5) is 5.69 Å². The van der Waals surface area contributed by atoms with E-state index in [1.165, 1.54) is 0 Å². The number of anilines is 1. The number of para-hydroxylation sites is 1. The summed E-state index contributed by atoms with van der Waals surface area (Å²) in [5.74, 6) is 1.07. The van der Waals surface area contributed by atoms with Crippen LogP contribution >= 0.6 is 12.2 Å². The van der Waals surface area contributed by atoms with E-state index in [-0.39, 0.29) is 11.0 Å². The topological polar surface area (TPSA) is 59.6 Å². The van der Waals surface area contributed by atoms with Gasteiger partial charge in [-0.1, -0.05) is 38.8 Å². The van der Waals surface area contributed by atoms with Gasteiger partial charge in [-0.2, -0.15) is 0 Å². The molecule has 0 radical (unpaired) electrons. The Labute approximate surface area is 172 Å². The molecule has 0 heterocycles. The van der Waals surface area contributed by atoms with Gasteiger partial charge in [-0.15, -0.1) is 0 Å². The maximum atomic E-state index is 12.6. The largest absolute Gasteiger partial charge is 0.494 e. The average Bonchev–Trinajstić information content (AvgIpc) is 2.71. The van der Waals surface area contributed by atoms with Gasteiger partial charge in [0.15, 0.2) is 5.11 Å². The SMILES string of the molecule is CCCCCOc1ccccc1C(=O)NC(=S)Nc1ccc(OCCC)cc1. The van der Waals surface area contributed by atoms with Crippen LogP contribution in [-0.4, -0.2) is 24.2 Å². The van der Waals surface area contributed by atoms with Crippen molar-refractivity contribution in [2.45, 2.75) is 39.5 Å². The van der Waals surface area contributed by atoms with Gasteiger partial charge in [0, 0.05) is 5.69 Å². The Hall–Kier alpha value is -2.60. The van der Waals surface area contributed by atoms with E-state index >= 15 is 0 Å². The summed E-state index contributed by atoms with van der Waals surface area (Å²) in [6, 6.07) is 14.6. The number of benzene rings is 2. The second-order valence-electron chi connectivity index (χ2n) is 6.33. The van der Waals surface area contributed by atoms with E-state index in [4.69, 9.17) is 21.7 Å². The number of rotatable bonds is 10. The molecule has 5 nitrogen and oxygen atoms in total. The Bertz CT molecular complexity index is 763. The standard InChI is InChI=1S/C22H28N2O3S/c1-3-5-8-16-27-20-10-7-6-9-19(20)21(25)24-22(28)23-17-11-13-18(14-12-17)26-15-4-2/h6-7,9-14H,3-5,8,15-16H2,1-2H3,(H2,23,24,25,28). The molecule has 0 fully saturated rings. The lowest BCUT2D eigenvalue weighted by Crippen LogP contribution is -2.34. The molecule has 2 aromatic rings. The first kappa shape index (κ1) is 21.7. The zero-order valence-electron chi connectivity index (χ0n) is 16.5. The van der Waals surface area contributed by atoms with Crippen LogP contribution in [0.1, 0.15) is 49.9 Å². The third kappa shape index (κ3) is 7.19. The molecule has 1 amide bonds. The van der Waals surface area contributed by atoms with Gasteiger partial charge in [-0.3, -0.25) is 10.1 Å². The van der Waals surface area contributed by atoms with E-state index < -0.39 is 0 Å². The number of thiocarbonyl (C=S) groups is 1. The molecule has 0 unspecified atom stereocenters. The van der Waals surface area contributed by atoms with E-state index in [1.54, 1.807) is 18.2 Å². The molecule has 0 saturated carbocycles. The van der Waals surface area contributed by atoms with E-state index in [9.17, 15) is 4.79 Å². The molecule has 0 aliphatic heterocycles. The van der Waals surface area contributed by atoms with E-state index in [0.29, 0.717) is 24.5 Å². The van der Waals surface area contributed by atoms with Crippen molar-refractivity contribution >= 4 is 28.9 Å². The smallest absolute Gasteiger partial charge is 0.261 e. The van der Waals surface area contributed by atoms with E-state index in [2.05, 4.69) is 24.5 Å². The third-order valence-corrected chi connectivity index (χ3v) is 4.15. The fourth-order valence-corrected chi connectivity index (χ4v) is 2.71. The molecule has 0 spiro atoms. The normalized spacial score (nSPS) is 10.2. The summed E-state index contributed by atoms with van der Waals surface area (Å²) in [4.78, 5) is 12.6. The fraction of sp³-hybridized carbons (Fsp3) is 0.364. The number of unbranched alkanes of at least 4 members (excludes halogenated alkanes) is 2. The quantitative estimate of drug-likeness (QED) is 0.425. The number of hydrogen-bond acceptors (Lipinski definition) is 4. The van der Waals surface area contributed by atoms with Crippen LogP contribution < -0.4 is 20.1 Å². The summed E-state index contributed by atoms with van der Waals surface area (Å²) in [5, 5.41) is 5.94. The molecule has 150 valence electrons. The Balaban J connectivity index is 1.90. The summed E-state index contributed by atoms with van der Waals surface area (Å²) in [6.45, 7) is 5.47. The molecule has 0 aromatic heterocycles. The van der Waals surface area contributed by atoms with Gasteiger partial charge in [0.25, 0.3) is 5.91 Å². The molecule has 0 saturated heterocycles. The fourth-order valence-electron chi connectivity index (χ4n) is 2.50. The van der Waals surface area contributed by atoms with Crippen LogP contribution in [0.5, 0.6) is 11.5 Å². The van der Waals surface area contributed by atoms with Crippen molar-refractivity contribution in [3.8, 4) is 11.5 Å². The third-order valence-electron chi connectivity index (χ3n) is 3.95. The molecule has 2 N–H and O–H groups in total. The lowest BCUT2D eigenvalue weighted by Gasteiger charge is -2.13. The maximum absolute atomic E-state index is 12.6. The number of carbonyl (C=O) groups excluding carboxylic acids is 1. The van der Waals surface area contributed by atoms with Crippen LogP contribution in [0, 0.1) is 0 Å². The highest BCUT2D eigenvalue weighted by Crippen LogP contribution is 2.19. The molecular formula is C22H28N2O3S. The monoisotopic (exact) mass is 400 g/mol. The first-order chi connectivity index (χ1) is 13.6. The molecular weight excluding hydrogens is 372 g/mol. The van der Waals surface area contributed by atoms with Crippen LogP contribution in [0.3, 0.4) is 0 Å². The molecule has 28 heavy (non-hydrogen) atoms. The minimum absolute atomic E-state index is 0.230. The highest BCUT2D eigenvalue weighted by molar-refractivity contribution is 7.80. The summed E-state index contributed by atoms with van der Waals surface area (Å²) in [7, 11) is 0. The molecule has 0 bridgehead atoms. The van der Waals surface area contributed by atoms with Crippen molar-refractivity contribution in [2.75, 3.05) is 18.5 Å². The number of hydrogen-bond donors (Lipinski definition) is 2. The predicted octanol–water partition coefficient (Wildman–Crippen LogP) is 5.17. The number of carbonyl (C=O) groups is 1. The molecule has 0 aliphatic rings. The van der Waals surface area contributed by atoms with Gasteiger partial charge < -0.3 is 14.8 Å². The van der Waals surface area contributed by atoms with Crippen molar-refractivity contribution < 1.29 is 14.3 Å². The van der Waals surface area contributed by atoms with Gasteiger partial charge >= 0.3 is 0 Å². The predicted molar refractivity (Wildman–Crippen MR) is 117 cm³/mol. The summed E-state index contributed by atoms with van der Waals surface area (Å²) in [6.07, 6.45) is 4.14. The van der Waals surface area contributed by atoms with Gasteiger partial charge in [0.05, 0.1) is 18.8 Å². The van der Waals surface area contributed by atoms with E-state index in [1.807, 2.05) is 30.3 Å². The minimum atomic E-state index is -0.300. The Morgan fingerprint density at radius 2 is 1.68 bits per heavy atom. The number of amides is 1. The first-order valence-electron chi connectivity index (χ1n) is 9.71. The lowest BCUT2D eigenvalue weighted by atomic mass is 10.2. The number of nitrogens with one attached hydrogen (secondary N) is 2. The van der Waals surface area contributed by atoms with Gasteiger partial charge in [-0.05, 0) is 61.5 Å². The van der Waals surface area contributed by atoms with Crippen molar-refractivity contribution in [2.24, 2.45) is 0 Å². The van der Waals surface area contributed by atoms with Crippen LogP contribution in [0.2, 0.25) is 0 Å². The summed E-state index contributed by atoms with van der Waals surface area (Å²) >= 11 is 5.27. The Morgan fingerprint density at radius 3 is 2.39 bits per heavy atom. The van der Waals surface area contributed by atoms with Crippen molar-refractivity contribution in [3.05, 3.63) is 54.1 Å². The molecule has 2 rings (SSSR count). The van der Waals surface area contributed by atoms with Crippen LogP contribution in [0.15, 0.2) is 48.5 Å². The minimum Gasteiger partial charge on any atom is -0.494 e. The first-order valence-corrected chi connectivity index (χ1v) is 10.1. The molecule has 0 atom stereocenters. The van der Waals surface area contributed by atoms with Crippen LogP contribution in [0.25, 0.3) is 0 Å². The van der Waals surface area contributed by atoms with Crippen LogP contribution in [-0.2, 0) is 0 Å². The maximum Gasteiger partial charge on any atom is 0.261 e. The highest BCUT2D eigenvalue weighted by Gasteiger charge is 2.13. The van der Waals surface area contributed by atoms with Gasteiger partial charge in [0.1, 0.15) is 11.5 Å². The van der Waals surface area contributed by atoms with Gasteiger partial charge in [0.2, 0.25) is 0 Å². The summed E-state index contributed by atoms with van der Waals surface area (Å²) < 4.78 is 11.3. The number of ether oxygens (including phenoxy) is 2. The summed E-state index contributed by atoms with van der Waals surface area (Å²) in [5.41, 5.74) is 1.24. The van der Waals surface area contributed by atoms with Crippen molar-refractivity contribution in [3.63, 3.8) is 0 Å².